The lowest BCUT2D eigenvalue weighted by Gasteiger charge is -2.39. The number of carbonyl (C=O) groups excluding carboxylic acids is 2. The summed E-state index contributed by atoms with van der Waals surface area (Å²) in [6.07, 6.45) is 0.940. The number of carboxylic acids is 1. The van der Waals surface area contributed by atoms with Crippen LogP contribution in [0.5, 0.6) is 0 Å². The van der Waals surface area contributed by atoms with Gasteiger partial charge in [0, 0.05) is 0 Å². The highest BCUT2D eigenvalue weighted by molar-refractivity contribution is 5.88. The van der Waals surface area contributed by atoms with Crippen molar-refractivity contribution in [1.82, 2.24) is 5.32 Å². The van der Waals surface area contributed by atoms with Crippen molar-refractivity contribution in [3.05, 3.63) is 0 Å². The van der Waals surface area contributed by atoms with Crippen molar-refractivity contribution in [2.24, 2.45) is 16.7 Å². The molecule has 1 rings (SSSR count). The summed E-state index contributed by atoms with van der Waals surface area (Å²) in [4.78, 5) is 35.5. The highest BCUT2D eigenvalue weighted by atomic mass is 16.6. The molecule has 0 aliphatic heterocycles. The molecule has 1 aliphatic carbocycles. The van der Waals surface area contributed by atoms with Crippen LogP contribution in [0.25, 0.3) is 0 Å². The Morgan fingerprint density at radius 3 is 2.18 bits per heavy atom. The van der Waals surface area contributed by atoms with E-state index >= 15 is 0 Å². The Morgan fingerprint density at radius 1 is 1.23 bits per heavy atom. The Hall–Kier alpha value is -1.59. The molecule has 0 saturated heterocycles. The Bertz CT molecular complexity index is 477. The van der Waals surface area contributed by atoms with Crippen molar-refractivity contribution in [1.29, 1.82) is 0 Å². The number of hydrogen-bond acceptors (Lipinski definition) is 4. The molecule has 0 aromatic rings. The number of aliphatic carboxylic acids is 1. The van der Waals surface area contributed by atoms with Crippen LogP contribution in [-0.2, 0) is 19.1 Å². The maximum absolute atomic E-state index is 12.5. The van der Waals surface area contributed by atoms with Crippen molar-refractivity contribution in [2.75, 3.05) is 6.54 Å². The van der Waals surface area contributed by atoms with E-state index < -0.39 is 34.3 Å². The van der Waals surface area contributed by atoms with Crippen LogP contribution in [-0.4, -0.2) is 35.1 Å². The second-order valence-corrected chi connectivity index (χ2v) is 7.75. The maximum Gasteiger partial charge on any atom is 0.325 e. The van der Waals surface area contributed by atoms with Gasteiger partial charge >= 0.3 is 11.9 Å². The lowest BCUT2D eigenvalue weighted by Crippen LogP contribution is -2.49. The molecule has 0 aromatic carbocycles. The molecule has 1 amide bonds. The fourth-order valence-electron chi connectivity index (χ4n) is 3.06. The molecular weight excluding hydrogens is 286 g/mol. The molecular formula is C16H27NO5. The van der Waals surface area contributed by atoms with Gasteiger partial charge in [0.15, 0.2) is 0 Å². The van der Waals surface area contributed by atoms with Gasteiger partial charge in [0.2, 0.25) is 5.91 Å². The van der Waals surface area contributed by atoms with Crippen molar-refractivity contribution in [2.45, 2.75) is 60.0 Å². The predicted octanol–water partition coefficient (Wildman–Crippen LogP) is 1.97. The third-order valence-corrected chi connectivity index (χ3v) is 4.84. The van der Waals surface area contributed by atoms with Gasteiger partial charge in [-0.05, 0) is 39.0 Å². The maximum atomic E-state index is 12.5. The van der Waals surface area contributed by atoms with E-state index in [0.29, 0.717) is 12.8 Å². The van der Waals surface area contributed by atoms with Gasteiger partial charge in [-0.15, -0.1) is 0 Å². The van der Waals surface area contributed by atoms with Crippen LogP contribution >= 0.6 is 0 Å². The minimum Gasteiger partial charge on any atom is -0.481 e. The minimum atomic E-state index is -0.881. The zero-order chi connectivity index (χ0) is 17.3. The average Bonchev–Trinajstić information content (AvgIpc) is 2.56. The number of carboxylic acid groups (broad SMARTS) is 1. The summed E-state index contributed by atoms with van der Waals surface area (Å²) in [6, 6.07) is 0. The zero-order valence-corrected chi connectivity index (χ0v) is 14.3. The molecule has 6 nitrogen and oxygen atoms in total. The molecule has 6 heteroatoms. The molecule has 0 spiro atoms. The van der Waals surface area contributed by atoms with Gasteiger partial charge in [0.05, 0.1) is 11.3 Å². The lowest BCUT2D eigenvalue weighted by molar-refractivity contribution is -0.156. The number of rotatable bonds is 4. The first-order valence-electron chi connectivity index (χ1n) is 7.54. The van der Waals surface area contributed by atoms with E-state index in [2.05, 4.69) is 5.32 Å². The fourth-order valence-corrected chi connectivity index (χ4v) is 3.06. The topological polar surface area (TPSA) is 92.7 Å². The molecule has 0 radical (unpaired) electrons. The molecule has 2 atom stereocenters. The van der Waals surface area contributed by atoms with Crippen molar-refractivity contribution >= 4 is 17.8 Å². The second-order valence-electron chi connectivity index (χ2n) is 7.75. The number of esters is 1. The number of amides is 1. The van der Waals surface area contributed by atoms with Crippen molar-refractivity contribution in [3.8, 4) is 0 Å². The second kappa shape index (κ2) is 5.89. The monoisotopic (exact) mass is 313 g/mol. The molecule has 126 valence electrons. The van der Waals surface area contributed by atoms with E-state index in [1.54, 1.807) is 41.5 Å². The summed E-state index contributed by atoms with van der Waals surface area (Å²) >= 11 is 0. The van der Waals surface area contributed by atoms with Gasteiger partial charge in [-0.3, -0.25) is 14.4 Å². The third kappa shape index (κ3) is 3.59. The van der Waals surface area contributed by atoms with E-state index in [4.69, 9.17) is 4.74 Å². The number of ether oxygens (including phenoxy) is 1. The smallest absolute Gasteiger partial charge is 0.325 e. The molecule has 1 aliphatic rings. The molecule has 0 heterocycles. The van der Waals surface area contributed by atoms with Crippen LogP contribution in [0, 0.1) is 16.7 Å². The molecule has 1 fully saturated rings. The molecule has 0 bridgehead atoms. The number of carbonyl (C=O) groups is 3. The van der Waals surface area contributed by atoms with Gasteiger partial charge in [0.1, 0.15) is 12.1 Å². The van der Waals surface area contributed by atoms with Crippen LogP contribution in [0.2, 0.25) is 0 Å². The van der Waals surface area contributed by atoms with Gasteiger partial charge in [-0.1, -0.05) is 20.8 Å². The van der Waals surface area contributed by atoms with E-state index in [1.165, 1.54) is 0 Å². The quantitative estimate of drug-likeness (QED) is 0.774. The van der Waals surface area contributed by atoms with E-state index in [1.807, 2.05) is 0 Å². The third-order valence-electron chi connectivity index (χ3n) is 4.84. The normalized spacial score (nSPS) is 27.3. The first-order valence-corrected chi connectivity index (χ1v) is 7.54. The summed E-state index contributed by atoms with van der Waals surface area (Å²) in [6.45, 7) is 10.4. The number of hydrogen-bond donors (Lipinski definition) is 2. The molecule has 1 saturated carbocycles. The minimum absolute atomic E-state index is 0.209. The van der Waals surface area contributed by atoms with Crippen LogP contribution in [0.3, 0.4) is 0 Å². The zero-order valence-electron chi connectivity index (χ0n) is 14.3. The first-order chi connectivity index (χ1) is 9.81. The Kier molecular flexibility index (Phi) is 4.94. The summed E-state index contributed by atoms with van der Waals surface area (Å²) in [7, 11) is 0. The Balaban J connectivity index is 2.73. The van der Waals surface area contributed by atoms with E-state index in [9.17, 15) is 19.5 Å². The highest BCUT2D eigenvalue weighted by Crippen LogP contribution is 2.56. The summed E-state index contributed by atoms with van der Waals surface area (Å²) in [5, 5.41) is 11.9. The molecule has 0 aromatic heterocycles. The predicted molar refractivity (Wildman–Crippen MR) is 81.1 cm³/mol. The van der Waals surface area contributed by atoms with Gasteiger partial charge in [-0.25, -0.2) is 0 Å². The highest BCUT2D eigenvalue weighted by Gasteiger charge is 2.58. The lowest BCUT2D eigenvalue weighted by atomic mass is 9.65. The summed E-state index contributed by atoms with van der Waals surface area (Å²) in [5.41, 5.74) is -2.11. The van der Waals surface area contributed by atoms with E-state index in [-0.39, 0.29) is 12.5 Å². The van der Waals surface area contributed by atoms with Crippen LogP contribution in [0.15, 0.2) is 0 Å². The van der Waals surface area contributed by atoms with E-state index in [0.717, 1.165) is 0 Å². The average molecular weight is 313 g/mol. The molecule has 22 heavy (non-hydrogen) atoms. The Labute approximate surface area is 131 Å². The van der Waals surface area contributed by atoms with Crippen LogP contribution in [0.4, 0.5) is 0 Å². The van der Waals surface area contributed by atoms with Gasteiger partial charge in [0.25, 0.3) is 0 Å². The van der Waals surface area contributed by atoms with Crippen molar-refractivity contribution < 1.29 is 24.2 Å². The summed E-state index contributed by atoms with van der Waals surface area (Å²) < 4.78 is 5.15. The Morgan fingerprint density at radius 2 is 1.77 bits per heavy atom. The van der Waals surface area contributed by atoms with Crippen LogP contribution < -0.4 is 5.32 Å². The SMILES string of the molecule is CC(C)(C)OC(=O)CNC(=O)[C@]1(C)CC[C@H](C(=O)O)C1(C)C. The first kappa shape index (κ1) is 18.5. The van der Waals surface area contributed by atoms with Gasteiger partial charge in [-0.2, -0.15) is 0 Å². The molecule has 0 unspecified atom stereocenters. The van der Waals surface area contributed by atoms with Crippen molar-refractivity contribution in [3.63, 3.8) is 0 Å². The number of nitrogens with one attached hydrogen (secondary N) is 1. The summed E-state index contributed by atoms with van der Waals surface area (Å²) in [5.74, 6) is -2.25. The molecule has 2 N–H and O–H groups in total. The van der Waals surface area contributed by atoms with Crippen LogP contribution in [0.1, 0.15) is 54.4 Å². The standard InChI is InChI=1S/C16H27NO5/c1-14(2,3)22-11(18)9-17-13(21)16(6)8-7-10(12(19)20)15(16,4)5/h10H,7-9H2,1-6H3,(H,17,21)(H,19,20)/t10-,16+/m1/s1. The van der Waals surface area contributed by atoms with Gasteiger partial charge < -0.3 is 15.2 Å². The largest absolute Gasteiger partial charge is 0.481 e. The fraction of sp³-hybridized carbons (Fsp3) is 0.812.